The number of aromatic nitrogens is 3. The van der Waals surface area contributed by atoms with Crippen molar-refractivity contribution in [2.45, 2.75) is 76.9 Å². The number of unbranched alkanes of at least 4 members (excludes halogenated alkanes) is 3. The SMILES string of the molecule is CCCCC[C@H](O)/C=C/[C@H]1[C@H](n2cncn2)CC(=O)[C@@H]1C/C=C\CCCC(=O)O. The van der Waals surface area contributed by atoms with Crippen LogP contribution >= 0.6 is 0 Å². The highest BCUT2D eigenvalue weighted by Crippen LogP contribution is 2.40. The number of aliphatic hydroxyl groups is 1. The molecule has 0 bridgehead atoms. The van der Waals surface area contributed by atoms with Gasteiger partial charge in [-0.1, -0.05) is 50.5 Å². The Morgan fingerprint density at radius 1 is 1.34 bits per heavy atom. The molecule has 0 aromatic carbocycles. The van der Waals surface area contributed by atoms with Crippen molar-refractivity contribution >= 4 is 11.8 Å². The van der Waals surface area contributed by atoms with Crippen LogP contribution in [0, 0.1) is 11.8 Å². The second kappa shape index (κ2) is 12.3. The third-order valence-corrected chi connectivity index (χ3v) is 5.49. The quantitative estimate of drug-likeness (QED) is 0.384. The summed E-state index contributed by atoms with van der Waals surface area (Å²) in [5, 5.41) is 23.2. The van der Waals surface area contributed by atoms with E-state index in [2.05, 4.69) is 17.0 Å². The maximum atomic E-state index is 12.7. The minimum atomic E-state index is -0.789. The first-order valence-corrected chi connectivity index (χ1v) is 10.6. The molecule has 1 aromatic rings. The fourth-order valence-corrected chi connectivity index (χ4v) is 3.87. The van der Waals surface area contributed by atoms with Crippen molar-refractivity contribution in [3.05, 3.63) is 37.0 Å². The number of Topliss-reactive ketones (excluding diaryl/α,β-unsaturated/α-hetero) is 1. The highest BCUT2D eigenvalue weighted by Gasteiger charge is 2.41. The highest BCUT2D eigenvalue weighted by molar-refractivity contribution is 5.84. The van der Waals surface area contributed by atoms with Crippen LogP contribution in [-0.2, 0) is 9.59 Å². The number of carboxylic acid groups (broad SMARTS) is 1. The lowest BCUT2D eigenvalue weighted by atomic mass is 9.89. The summed E-state index contributed by atoms with van der Waals surface area (Å²) in [5.74, 6) is -0.814. The smallest absolute Gasteiger partial charge is 0.303 e. The van der Waals surface area contributed by atoms with E-state index in [-0.39, 0.29) is 30.1 Å². The predicted octanol–water partition coefficient (Wildman–Crippen LogP) is 3.72. The predicted molar refractivity (Wildman–Crippen MR) is 110 cm³/mol. The Hall–Kier alpha value is -2.28. The van der Waals surface area contributed by atoms with Crippen LogP contribution in [0.25, 0.3) is 0 Å². The summed E-state index contributed by atoms with van der Waals surface area (Å²) in [7, 11) is 0. The molecule has 160 valence electrons. The van der Waals surface area contributed by atoms with Gasteiger partial charge in [0.25, 0.3) is 0 Å². The van der Waals surface area contributed by atoms with Gasteiger partial charge < -0.3 is 10.2 Å². The minimum Gasteiger partial charge on any atom is -0.481 e. The van der Waals surface area contributed by atoms with Gasteiger partial charge in [-0.25, -0.2) is 9.67 Å². The average Bonchev–Trinajstić information content (AvgIpc) is 3.31. The fraction of sp³-hybridized carbons (Fsp3) is 0.636. The molecular formula is C22H33N3O4. The second-order valence-corrected chi connectivity index (χ2v) is 7.74. The molecule has 1 heterocycles. The largest absolute Gasteiger partial charge is 0.481 e. The van der Waals surface area contributed by atoms with E-state index in [0.717, 1.165) is 25.7 Å². The molecule has 7 heteroatoms. The standard InChI is InChI=1S/C22H33N3O4/c1-2-3-6-9-17(26)12-13-18-19(10-7-4-5-8-11-22(28)29)21(27)14-20(18)25-16-23-15-24-25/h4,7,12-13,15-20,26H,2-3,5-6,8-11,14H2,1H3,(H,28,29)/b7-4-,13-12+/t17-,18+,19+,20+/m0/s1. The van der Waals surface area contributed by atoms with Crippen LogP contribution in [0.5, 0.6) is 0 Å². The van der Waals surface area contributed by atoms with E-state index in [1.54, 1.807) is 11.0 Å². The molecule has 0 spiro atoms. The van der Waals surface area contributed by atoms with Crippen LogP contribution in [0.1, 0.15) is 70.8 Å². The van der Waals surface area contributed by atoms with E-state index in [1.807, 2.05) is 24.3 Å². The van der Waals surface area contributed by atoms with E-state index < -0.39 is 12.1 Å². The van der Waals surface area contributed by atoms with Crippen molar-refractivity contribution in [3.63, 3.8) is 0 Å². The third-order valence-electron chi connectivity index (χ3n) is 5.49. The topological polar surface area (TPSA) is 105 Å². The van der Waals surface area contributed by atoms with E-state index in [0.29, 0.717) is 25.7 Å². The van der Waals surface area contributed by atoms with Gasteiger partial charge in [-0.2, -0.15) is 5.10 Å². The molecule has 4 atom stereocenters. The zero-order valence-electron chi connectivity index (χ0n) is 17.2. The lowest BCUT2D eigenvalue weighted by molar-refractivity contribution is -0.137. The normalized spacial score (nSPS) is 23.4. The van der Waals surface area contributed by atoms with Gasteiger partial charge in [0.15, 0.2) is 0 Å². The van der Waals surface area contributed by atoms with Gasteiger partial charge in [0, 0.05) is 24.7 Å². The molecule has 0 amide bonds. The van der Waals surface area contributed by atoms with Crippen molar-refractivity contribution in [3.8, 4) is 0 Å². The zero-order chi connectivity index (χ0) is 21.1. The van der Waals surface area contributed by atoms with Crippen molar-refractivity contribution in [1.29, 1.82) is 0 Å². The Morgan fingerprint density at radius 2 is 2.17 bits per heavy atom. The van der Waals surface area contributed by atoms with Crippen LogP contribution in [-0.4, -0.2) is 42.8 Å². The van der Waals surface area contributed by atoms with Crippen LogP contribution < -0.4 is 0 Å². The number of carbonyl (C=O) groups is 2. The summed E-state index contributed by atoms with van der Waals surface area (Å²) in [6.07, 6.45) is 16.7. The first-order valence-electron chi connectivity index (χ1n) is 10.6. The number of hydrogen-bond donors (Lipinski definition) is 2. The second-order valence-electron chi connectivity index (χ2n) is 7.74. The summed E-state index contributed by atoms with van der Waals surface area (Å²) in [6, 6.07) is -0.0884. The minimum absolute atomic E-state index is 0.0475. The number of aliphatic carboxylic acids is 1. The van der Waals surface area contributed by atoms with E-state index in [9.17, 15) is 14.7 Å². The van der Waals surface area contributed by atoms with Gasteiger partial charge in [-0.3, -0.25) is 9.59 Å². The number of hydrogen-bond acceptors (Lipinski definition) is 5. The molecule has 1 fully saturated rings. The molecule has 1 aliphatic rings. The van der Waals surface area contributed by atoms with Gasteiger partial charge in [-0.05, 0) is 25.7 Å². The lowest BCUT2D eigenvalue weighted by Crippen LogP contribution is -2.19. The Kier molecular flexibility index (Phi) is 9.77. The molecule has 0 saturated heterocycles. The maximum Gasteiger partial charge on any atom is 0.303 e. The Morgan fingerprint density at radius 3 is 2.86 bits per heavy atom. The molecule has 2 rings (SSSR count). The number of carbonyl (C=O) groups excluding carboxylic acids is 1. The van der Waals surface area contributed by atoms with Crippen molar-refractivity contribution in [2.75, 3.05) is 0 Å². The van der Waals surface area contributed by atoms with Crippen LogP contribution in [0.4, 0.5) is 0 Å². The Bertz CT molecular complexity index is 684. The molecule has 0 aliphatic heterocycles. The number of carboxylic acids is 1. The lowest BCUT2D eigenvalue weighted by Gasteiger charge is -2.20. The number of ketones is 1. The first-order chi connectivity index (χ1) is 14.0. The highest BCUT2D eigenvalue weighted by atomic mass is 16.4. The molecular weight excluding hydrogens is 370 g/mol. The van der Waals surface area contributed by atoms with E-state index in [4.69, 9.17) is 5.11 Å². The first kappa shape index (κ1) is 23.0. The Labute approximate surface area is 172 Å². The number of aliphatic hydroxyl groups excluding tert-OH is 1. The molecule has 1 saturated carbocycles. The van der Waals surface area contributed by atoms with Gasteiger partial charge in [0.05, 0.1) is 12.1 Å². The molecule has 2 N–H and O–H groups in total. The van der Waals surface area contributed by atoms with Crippen molar-refractivity contribution in [2.24, 2.45) is 11.8 Å². The van der Waals surface area contributed by atoms with Crippen LogP contribution in [0.15, 0.2) is 37.0 Å². The maximum absolute atomic E-state index is 12.7. The van der Waals surface area contributed by atoms with Gasteiger partial charge >= 0.3 is 5.97 Å². The fourth-order valence-electron chi connectivity index (χ4n) is 3.87. The molecule has 7 nitrogen and oxygen atoms in total. The monoisotopic (exact) mass is 403 g/mol. The summed E-state index contributed by atoms with van der Waals surface area (Å²) in [5.41, 5.74) is 0. The average molecular weight is 404 g/mol. The van der Waals surface area contributed by atoms with E-state index in [1.165, 1.54) is 6.33 Å². The van der Waals surface area contributed by atoms with Gasteiger partial charge in [0.2, 0.25) is 0 Å². The molecule has 0 radical (unpaired) electrons. The summed E-state index contributed by atoms with van der Waals surface area (Å²) >= 11 is 0. The van der Waals surface area contributed by atoms with Crippen LogP contribution in [0.3, 0.4) is 0 Å². The summed E-state index contributed by atoms with van der Waals surface area (Å²) in [6.45, 7) is 2.13. The molecule has 1 aliphatic carbocycles. The number of nitrogens with zero attached hydrogens (tertiary/aromatic N) is 3. The van der Waals surface area contributed by atoms with Crippen molar-refractivity contribution < 1.29 is 19.8 Å². The summed E-state index contributed by atoms with van der Waals surface area (Å²) in [4.78, 5) is 27.3. The Balaban J connectivity index is 2.01. The molecule has 0 unspecified atom stereocenters. The van der Waals surface area contributed by atoms with E-state index >= 15 is 0 Å². The zero-order valence-corrected chi connectivity index (χ0v) is 17.2. The van der Waals surface area contributed by atoms with Gasteiger partial charge in [-0.15, -0.1) is 0 Å². The summed E-state index contributed by atoms with van der Waals surface area (Å²) < 4.78 is 1.74. The van der Waals surface area contributed by atoms with Crippen molar-refractivity contribution in [1.82, 2.24) is 14.8 Å². The molecule has 29 heavy (non-hydrogen) atoms. The van der Waals surface area contributed by atoms with Gasteiger partial charge in [0.1, 0.15) is 18.4 Å². The number of rotatable bonds is 13. The third kappa shape index (κ3) is 7.57. The molecule has 1 aromatic heterocycles. The number of allylic oxidation sites excluding steroid dienone is 3. The van der Waals surface area contributed by atoms with Crippen LogP contribution in [0.2, 0.25) is 0 Å².